The fourth-order valence-electron chi connectivity index (χ4n) is 8.38. The van der Waals surface area contributed by atoms with Gasteiger partial charge in [0.15, 0.2) is 28.1 Å². The number of pyridine rings is 2. The van der Waals surface area contributed by atoms with E-state index in [0.29, 0.717) is 50.1 Å². The fourth-order valence-corrected chi connectivity index (χ4v) is 8.83. The van der Waals surface area contributed by atoms with Gasteiger partial charge in [0.25, 0.3) is 0 Å². The predicted octanol–water partition coefficient (Wildman–Crippen LogP) is 11.7. The van der Waals surface area contributed by atoms with Crippen molar-refractivity contribution in [2.24, 2.45) is 0 Å². The molecule has 24 heteroatoms. The van der Waals surface area contributed by atoms with E-state index in [1.165, 1.54) is 11.9 Å². The van der Waals surface area contributed by atoms with E-state index < -0.39 is 23.3 Å². The normalized spacial score (nSPS) is 10.1. The van der Waals surface area contributed by atoms with Crippen LogP contribution in [-0.4, -0.2) is 98.1 Å². The van der Waals surface area contributed by atoms with E-state index in [1.807, 2.05) is 151 Å². The van der Waals surface area contributed by atoms with Crippen LogP contribution in [0, 0.1) is 78.8 Å². The second kappa shape index (κ2) is 32.5. The Morgan fingerprint density at radius 3 is 1.33 bits per heavy atom. The first-order valence-electron chi connectivity index (χ1n) is 27.4. The number of aliphatic carboxylic acids is 1. The molecule has 0 radical (unpaired) electrons. The summed E-state index contributed by atoms with van der Waals surface area (Å²) in [4.78, 5) is 112. The molecule has 90 heavy (non-hydrogen) atoms. The summed E-state index contributed by atoms with van der Waals surface area (Å²) in [6, 6.07) is 41.3. The first kappa shape index (κ1) is 67.9. The number of hydrogen-bond acceptors (Lipinski definition) is 18. The van der Waals surface area contributed by atoms with Gasteiger partial charge in [-0.05, 0) is 176 Å². The van der Waals surface area contributed by atoms with Gasteiger partial charge < -0.3 is 20.2 Å². The summed E-state index contributed by atoms with van der Waals surface area (Å²) in [7, 11) is 0. The van der Waals surface area contributed by atoms with Gasteiger partial charge in [0.05, 0.1) is 6.42 Å². The average molecular weight is 1240 g/mol. The Morgan fingerprint density at radius 1 is 0.456 bits per heavy atom. The molecule has 0 aliphatic rings. The first-order chi connectivity index (χ1) is 42.9. The Balaban J connectivity index is 0.000000181. The highest BCUT2D eigenvalue weighted by atomic mass is 32.1. The van der Waals surface area contributed by atoms with Crippen LogP contribution < -0.4 is 11.4 Å². The number of nitrogens with zero attached hydrogens (tertiary/aromatic N) is 10. The zero-order valence-electron chi connectivity index (χ0n) is 50.7. The summed E-state index contributed by atoms with van der Waals surface area (Å²) < 4.78 is 0.899. The van der Waals surface area contributed by atoms with Gasteiger partial charge in [-0.25, -0.2) is 49.3 Å². The van der Waals surface area contributed by atoms with Gasteiger partial charge in [0.2, 0.25) is 10.6 Å². The van der Waals surface area contributed by atoms with Crippen molar-refractivity contribution in [3.63, 3.8) is 0 Å². The lowest BCUT2D eigenvalue weighted by Crippen LogP contribution is -2.25. The Labute approximate surface area is 526 Å². The van der Waals surface area contributed by atoms with Crippen LogP contribution in [0.1, 0.15) is 71.8 Å². The number of carboxylic acids is 2. The number of H-pyrrole nitrogens is 4. The Bertz CT molecular complexity index is 4400. The summed E-state index contributed by atoms with van der Waals surface area (Å²) >= 11 is 10.1. The lowest BCUT2D eigenvalue weighted by molar-refractivity contribution is -0.191. The Hall–Kier alpha value is -11.2. The molecule has 11 aromatic rings. The van der Waals surface area contributed by atoms with Gasteiger partial charge in [0.1, 0.15) is 29.4 Å². The zero-order valence-corrected chi connectivity index (χ0v) is 52.3. The standard InChI is InChI=1S/C21H17N5.C12H11N3O2.C11H11N3O2.C11H11N3S2.C10H12O2.CO2/c1-14-9-10-15(2)16(13-14)19-24-20(17-7-3-5-11-22-17)26-21(25-19)18-8-4-6-12-23-18;1-7-3-4-8(2)9(5-7)10-13-6-14-11(15-10)12(16)17;2*1-6-3-4-7(2)8(5-6)9-12-10(15)14-11(16)13-9;1-7-3-4-8(2)9(5-7)6-10(11)12;2-1-3/h3-13H,1-2H3;3-6H,1-2H3,(H,16,17);2*3-5H,1-2H3,(H2,12,13,14,15,16);3-5H,6H2,1-2H3,(H,11,12);. The summed E-state index contributed by atoms with van der Waals surface area (Å²) in [6.07, 6.45) is 5.05. The minimum atomic E-state index is -1.15. The summed E-state index contributed by atoms with van der Waals surface area (Å²) in [5.41, 5.74) is 15.6. The number of aromatic nitrogens is 14. The van der Waals surface area contributed by atoms with E-state index >= 15 is 0 Å². The molecule has 6 heterocycles. The highest BCUT2D eigenvalue weighted by Gasteiger charge is 2.16. The minimum Gasteiger partial charge on any atom is -0.481 e. The molecule has 0 amide bonds. The van der Waals surface area contributed by atoms with Gasteiger partial charge >= 0.3 is 29.5 Å². The SMILES string of the molecule is Cc1ccc(C)c(-c2nc(-c3ccccn3)nc(-c3ccccn3)n2)c1.Cc1ccc(C)c(-c2nc(=O)[nH]c(=O)[nH]2)c1.Cc1ccc(C)c(-c2nc(=S)[nH]c(=S)[nH]2)c1.Cc1ccc(C)c(-c2ncnc(C(=O)O)n2)c1.Cc1ccc(C)c(CC(=O)O)c1.O=C=O. The molecule has 11 rings (SSSR count). The van der Waals surface area contributed by atoms with E-state index in [1.54, 1.807) is 12.4 Å². The molecule has 0 saturated carbocycles. The second-order valence-corrected chi connectivity index (χ2v) is 21.0. The van der Waals surface area contributed by atoms with Crippen LogP contribution in [0.25, 0.3) is 68.6 Å². The van der Waals surface area contributed by atoms with Crippen molar-refractivity contribution in [3.05, 3.63) is 244 Å². The molecule has 0 bridgehead atoms. The number of carbonyl (C=O) groups excluding carboxylic acids is 2. The molecule has 0 aliphatic carbocycles. The molecular formula is C66H62N14O8S2. The van der Waals surface area contributed by atoms with Crippen LogP contribution in [0.3, 0.4) is 0 Å². The van der Waals surface area contributed by atoms with Gasteiger partial charge in [-0.1, -0.05) is 107 Å². The average Bonchev–Trinajstić information content (AvgIpc) is 1.21. The quantitative estimate of drug-likeness (QED) is 0.0731. The number of hydrogen-bond donors (Lipinski definition) is 6. The third-order valence-corrected chi connectivity index (χ3v) is 13.3. The molecule has 6 aromatic heterocycles. The highest BCUT2D eigenvalue weighted by molar-refractivity contribution is 7.71. The lowest BCUT2D eigenvalue weighted by atomic mass is 10.0. The number of aromatic amines is 4. The Kier molecular flexibility index (Phi) is 24.5. The summed E-state index contributed by atoms with van der Waals surface area (Å²) in [5.74, 6) is 0.943. The molecule has 456 valence electrons. The number of carbonyl (C=O) groups is 2. The smallest absolute Gasteiger partial charge is 0.374 e. The first-order valence-corrected chi connectivity index (χ1v) is 28.2. The van der Waals surface area contributed by atoms with E-state index in [2.05, 4.69) is 115 Å². The predicted molar refractivity (Wildman–Crippen MR) is 345 cm³/mol. The van der Waals surface area contributed by atoms with E-state index in [4.69, 9.17) is 44.2 Å². The van der Waals surface area contributed by atoms with Gasteiger partial charge in [-0.2, -0.15) is 14.6 Å². The Morgan fingerprint density at radius 2 is 0.889 bits per heavy atom. The van der Waals surface area contributed by atoms with E-state index in [-0.39, 0.29) is 18.4 Å². The van der Waals surface area contributed by atoms with Gasteiger partial charge in [-0.15, -0.1) is 0 Å². The number of benzene rings is 5. The van der Waals surface area contributed by atoms with Crippen LogP contribution in [0.15, 0.2) is 156 Å². The van der Waals surface area contributed by atoms with Crippen LogP contribution in [-0.2, 0) is 20.8 Å². The highest BCUT2D eigenvalue weighted by Crippen LogP contribution is 2.27. The molecule has 0 spiro atoms. The largest absolute Gasteiger partial charge is 0.481 e. The molecular weight excluding hydrogens is 1180 g/mol. The lowest BCUT2D eigenvalue weighted by Gasteiger charge is -2.09. The number of aromatic carboxylic acids is 1. The minimum absolute atomic E-state index is 0.119. The molecule has 0 unspecified atom stereocenters. The number of nitrogens with one attached hydrogen (secondary N) is 4. The topological polar surface area (TPSA) is 335 Å². The van der Waals surface area contributed by atoms with Crippen LogP contribution in [0.2, 0.25) is 0 Å². The third-order valence-electron chi connectivity index (χ3n) is 12.9. The molecule has 22 nitrogen and oxygen atoms in total. The van der Waals surface area contributed by atoms with E-state index in [0.717, 1.165) is 83.7 Å². The zero-order chi connectivity index (χ0) is 65.6. The van der Waals surface area contributed by atoms with Crippen molar-refractivity contribution in [3.8, 4) is 68.6 Å². The molecule has 0 fully saturated rings. The van der Waals surface area contributed by atoms with Crippen molar-refractivity contribution in [1.29, 1.82) is 0 Å². The maximum absolute atomic E-state index is 11.1. The maximum Gasteiger partial charge on any atom is 0.374 e. The van der Waals surface area contributed by atoms with Crippen LogP contribution in [0.4, 0.5) is 0 Å². The summed E-state index contributed by atoms with van der Waals surface area (Å²) in [5, 5.41) is 17.4. The number of carboxylic acid groups (broad SMARTS) is 2. The molecule has 5 aromatic carbocycles. The number of aryl methyl sites for hydroxylation is 10. The monoisotopic (exact) mass is 1240 g/mol. The van der Waals surface area contributed by atoms with Crippen molar-refractivity contribution < 1.29 is 29.4 Å². The van der Waals surface area contributed by atoms with Crippen molar-refractivity contribution >= 4 is 42.5 Å². The fraction of sp³-hybridized carbons (Fsp3) is 0.167. The van der Waals surface area contributed by atoms with Crippen LogP contribution >= 0.6 is 24.4 Å². The number of rotatable bonds is 9. The van der Waals surface area contributed by atoms with Gasteiger partial charge in [-0.3, -0.25) is 24.7 Å². The molecule has 0 saturated heterocycles. The van der Waals surface area contributed by atoms with Crippen molar-refractivity contribution in [2.45, 2.75) is 75.7 Å². The second-order valence-electron chi connectivity index (χ2n) is 20.2. The summed E-state index contributed by atoms with van der Waals surface area (Å²) in [6.45, 7) is 19.8. The van der Waals surface area contributed by atoms with E-state index in [9.17, 15) is 19.2 Å². The molecule has 0 aliphatic heterocycles. The van der Waals surface area contributed by atoms with Crippen molar-refractivity contribution in [1.82, 2.24) is 69.8 Å². The van der Waals surface area contributed by atoms with Gasteiger partial charge in [0, 0.05) is 34.6 Å². The van der Waals surface area contributed by atoms with Crippen LogP contribution in [0.5, 0.6) is 0 Å². The third kappa shape index (κ3) is 20.2. The molecule has 6 N–H and O–H groups in total. The molecule has 0 atom stereocenters. The maximum atomic E-state index is 11.1. The van der Waals surface area contributed by atoms with Crippen molar-refractivity contribution in [2.75, 3.05) is 0 Å².